The van der Waals surface area contributed by atoms with Crippen LogP contribution in [0.2, 0.25) is 0 Å². The summed E-state index contributed by atoms with van der Waals surface area (Å²) in [7, 11) is 1.44. The minimum absolute atomic E-state index is 0.110. The van der Waals surface area contributed by atoms with Gasteiger partial charge in [-0.25, -0.2) is 0 Å². The van der Waals surface area contributed by atoms with E-state index in [9.17, 15) is 9.90 Å². The van der Waals surface area contributed by atoms with E-state index in [1.165, 1.54) is 7.11 Å². The third-order valence-electron chi connectivity index (χ3n) is 3.13. The molecule has 0 spiro atoms. The van der Waals surface area contributed by atoms with Crippen LogP contribution < -0.4 is 10.1 Å². The largest absolute Gasteiger partial charge is 0.504 e. The van der Waals surface area contributed by atoms with Crippen molar-refractivity contribution in [2.24, 2.45) is 5.92 Å². The highest BCUT2D eigenvalue weighted by molar-refractivity contribution is 5.97. The Kier molecular flexibility index (Phi) is 6.15. The lowest BCUT2D eigenvalue weighted by molar-refractivity contribution is 0.0940. The number of ether oxygens (including phenoxy) is 1. The molecule has 1 amide bonds. The highest BCUT2D eigenvalue weighted by Crippen LogP contribution is 2.29. The minimum Gasteiger partial charge on any atom is -0.504 e. The number of hydrogen-bond donors (Lipinski definition) is 3. The molecule has 1 aromatic carbocycles. The number of benzene rings is 1. The SMILES string of the molecule is CCC(CCO)CNC(=O)c1cccc(OC)c1O. The van der Waals surface area contributed by atoms with Gasteiger partial charge in [-0.2, -0.15) is 0 Å². The first-order chi connectivity index (χ1) is 9.13. The van der Waals surface area contributed by atoms with Crippen LogP contribution in [-0.2, 0) is 0 Å². The maximum absolute atomic E-state index is 12.0. The Labute approximate surface area is 113 Å². The van der Waals surface area contributed by atoms with Gasteiger partial charge in [0.1, 0.15) is 0 Å². The summed E-state index contributed by atoms with van der Waals surface area (Å²) >= 11 is 0. The summed E-state index contributed by atoms with van der Waals surface area (Å²) in [6.45, 7) is 2.60. The molecule has 0 saturated heterocycles. The average molecular weight is 267 g/mol. The summed E-state index contributed by atoms with van der Waals surface area (Å²) in [5, 5.41) is 21.5. The number of hydrogen-bond acceptors (Lipinski definition) is 4. The molecule has 1 rings (SSSR count). The average Bonchev–Trinajstić information content (AvgIpc) is 2.43. The molecule has 106 valence electrons. The number of carbonyl (C=O) groups is 1. The number of rotatable bonds is 7. The van der Waals surface area contributed by atoms with E-state index >= 15 is 0 Å². The smallest absolute Gasteiger partial charge is 0.255 e. The van der Waals surface area contributed by atoms with E-state index in [-0.39, 0.29) is 35.5 Å². The third kappa shape index (κ3) is 4.13. The number of phenolic OH excluding ortho intramolecular Hbond substituents is 1. The zero-order valence-corrected chi connectivity index (χ0v) is 11.3. The van der Waals surface area contributed by atoms with Crippen LogP contribution in [0.5, 0.6) is 11.5 Å². The van der Waals surface area contributed by atoms with Crippen LogP contribution in [0.15, 0.2) is 18.2 Å². The van der Waals surface area contributed by atoms with E-state index in [0.717, 1.165) is 6.42 Å². The molecule has 1 atom stereocenters. The number of amides is 1. The van der Waals surface area contributed by atoms with Crippen molar-refractivity contribution < 1.29 is 19.7 Å². The topological polar surface area (TPSA) is 78.8 Å². The second kappa shape index (κ2) is 7.63. The molecule has 0 fully saturated rings. The molecule has 5 heteroatoms. The van der Waals surface area contributed by atoms with Gasteiger partial charge in [-0.15, -0.1) is 0 Å². The normalized spacial score (nSPS) is 11.9. The Balaban J connectivity index is 2.68. The van der Waals surface area contributed by atoms with Crippen LogP contribution >= 0.6 is 0 Å². The number of para-hydroxylation sites is 1. The molecule has 0 aliphatic carbocycles. The van der Waals surface area contributed by atoms with Gasteiger partial charge < -0.3 is 20.3 Å². The highest BCUT2D eigenvalue weighted by atomic mass is 16.5. The first-order valence-electron chi connectivity index (χ1n) is 6.39. The molecule has 0 saturated carbocycles. The Morgan fingerprint density at radius 1 is 1.47 bits per heavy atom. The molecule has 3 N–H and O–H groups in total. The molecule has 0 radical (unpaired) electrons. The van der Waals surface area contributed by atoms with Gasteiger partial charge in [0.05, 0.1) is 12.7 Å². The Hall–Kier alpha value is -1.75. The fourth-order valence-electron chi connectivity index (χ4n) is 1.84. The van der Waals surface area contributed by atoms with Crippen LogP contribution in [0.25, 0.3) is 0 Å². The molecule has 0 aliphatic heterocycles. The molecule has 0 aliphatic rings. The number of aliphatic hydroxyl groups excluding tert-OH is 1. The van der Waals surface area contributed by atoms with Gasteiger partial charge in [-0.1, -0.05) is 19.4 Å². The van der Waals surface area contributed by atoms with Crippen molar-refractivity contribution in [2.45, 2.75) is 19.8 Å². The molecule has 1 unspecified atom stereocenters. The van der Waals surface area contributed by atoms with Gasteiger partial charge in [-0.3, -0.25) is 4.79 Å². The predicted octanol–water partition coefficient (Wildman–Crippen LogP) is 1.54. The van der Waals surface area contributed by atoms with Crippen molar-refractivity contribution in [1.29, 1.82) is 0 Å². The van der Waals surface area contributed by atoms with Gasteiger partial charge in [0, 0.05) is 13.2 Å². The van der Waals surface area contributed by atoms with Crippen molar-refractivity contribution in [1.82, 2.24) is 5.32 Å². The van der Waals surface area contributed by atoms with Crippen molar-refractivity contribution >= 4 is 5.91 Å². The van der Waals surface area contributed by atoms with Crippen LogP contribution in [0.3, 0.4) is 0 Å². The van der Waals surface area contributed by atoms with Crippen molar-refractivity contribution in [3.63, 3.8) is 0 Å². The number of aromatic hydroxyl groups is 1. The zero-order valence-electron chi connectivity index (χ0n) is 11.3. The second-order valence-electron chi connectivity index (χ2n) is 4.35. The quantitative estimate of drug-likeness (QED) is 0.700. The number of nitrogens with one attached hydrogen (secondary N) is 1. The molecule has 0 bridgehead atoms. The van der Waals surface area contributed by atoms with E-state index in [2.05, 4.69) is 5.32 Å². The van der Waals surface area contributed by atoms with Crippen molar-refractivity contribution in [3.05, 3.63) is 23.8 Å². The third-order valence-corrected chi connectivity index (χ3v) is 3.13. The van der Waals surface area contributed by atoms with E-state index in [0.29, 0.717) is 13.0 Å². The maximum atomic E-state index is 12.0. The second-order valence-corrected chi connectivity index (χ2v) is 4.35. The molecule has 0 aromatic heterocycles. The van der Waals surface area contributed by atoms with Crippen LogP contribution in [0.4, 0.5) is 0 Å². The summed E-state index contributed by atoms with van der Waals surface area (Å²) < 4.78 is 4.96. The fraction of sp³-hybridized carbons (Fsp3) is 0.500. The van der Waals surface area contributed by atoms with Crippen LogP contribution in [0, 0.1) is 5.92 Å². The number of phenols is 1. The van der Waals surface area contributed by atoms with Gasteiger partial charge >= 0.3 is 0 Å². The lowest BCUT2D eigenvalue weighted by atomic mass is 10.0. The van der Waals surface area contributed by atoms with E-state index in [1.807, 2.05) is 6.92 Å². The Morgan fingerprint density at radius 3 is 2.79 bits per heavy atom. The van der Waals surface area contributed by atoms with Gasteiger partial charge in [0.25, 0.3) is 5.91 Å². The molecular formula is C14H21NO4. The van der Waals surface area contributed by atoms with Crippen LogP contribution in [-0.4, -0.2) is 36.4 Å². The molecule has 1 aromatic rings. The molecular weight excluding hydrogens is 246 g/mol. The zero-order chi connectivity index (χ0) is 14.3. The predicted molar refractivity (Wildman–Crippen MR) is 72.5 cm³/mol. The van der Waals surface area contributed by atoms with E-state index < -0.39 is 0 Å². The maximum Gasteiger partial charge on any atom is 0.255 e. The first-order valence-corrected chi connectivity index (χ1v) is 6.39. The summed E-state index contributed by atoms with van der Waals surface area (Å²) in [6, 6.07) is 4.78. The monoisotopic (exact) mass is 267 g/mol. The van der Waals surface area contributed by atoms with Crippen molar-refractivity contribution in [2.75, 3.05) is 20.3 Å². The number of methoxy groups -OCH3 is 1. The molecule has 5 nitrogen and oxygen atoms in total. The minimum atomic E-state index is -0.340. The summed E-state index contributed by atoms with van der Waals surface area (Å²) in [5.41, 5.74) is 0.193. The van der Waals surface area contributed by atoms with Crippen molar-refractivity contribution in [3.8, 4) is 11.5 Å². The fourth-order valence-corrected chi connectivity index (χ4v) is 1.84. The summed E-state index contributed by atoms with van der Waals surface area (Å²) in [6.07, 6.45) is 1.53. The first kappa shape index (κ1) is 15.3. The summed E-state index contributed by atoms with van der Waals surface area (Å²) in [4.78, 5) is 12.0. The summed E-state index contributed by atoms with van der Waals surface area (Å²) in [5.74, 6) is 0.0160. The molecule has 19 heavy (non-hydrogen) atoms. The highest BCUT2D eigenvalue weighted by Gasteiger charge is 2.15. The Bertz CT molecular complexity index is 420. The number of aliphatic hydroxyl groups is 1. The Morgan fingerprint density at radius 2 is 2.21 bits per heavy atom. The number of carbonyl (C=O) groups excluding carboxylic acids is 1. The van der Waals surface area contributed by atoms with Gasteiger partial charge in [0.2, 0.25) is 0 Å². The lowest BCUT2D eigenvalue weighted by Gasteiger charge is -2.15. The molecule has 0 heterocycles. The van der Waals surface area contributed by atoms with Gasteiger partial charge in [0.15, 0.2) is 11.5 Å². The standard InChI is InChI=1S/C14H21NO4/c1-3-10(7-8-16)9-15-14(18)11-5-4-6-12(19-2)13(11)17/h4-6,10,16-17H,3,7-9H2,1-2H3,(H,15,18). The van der Waals surface area contributed by atoms with E-state index in [1.54, 1.807) is 18.2 Å². The lowest BCUT2D eigenvalue weighted by Crippen LogP contribution is -2.29. The van der Waals surface area contributed by atoms with Crippen LogP contribution in [0.1, 0.15) is 30.1 Å². The van der Waals surface area contributed by atoms with Gasteiger partial charge in [-0.05, 0) is 24.5 Å². The van der Waals surface area contributed by atoms with E-state index in [4.69, 9.17) is 9.84 Å².